The zero-order valence-corrected chi connectivity index (χ0v) is 30.3. The zero-order valence-electron chi connectivity index (χ0n) is 27.9. The molecule has 5 N–H and O–H groups in total. The number of carbonyl (C=O) groups is 1. The van der Waals surface area contributed by atoms with Crippen LogP contribution >= 0.6 is 11.3 Å². The van der Waals surface area contributed by atoms with Gasteiger partial charge in [0.15, 0.2) is 10.9 Å². The predicted octanol–water partition coefficient (Wildman–Crippen LogP) is 8.34. The molecule has 0 fully saturated rings. The number of hydrogen-bond donors (Lipinski definition) is 5. The van der Waals surface area contributed by atoms with Crippen molar-refractivity contribution < 1.29 is 45.9 Å². The Bertz CT molecular complexity index is 2650. The van der Waals surface area contributed by atoms with Crippen LogP contribution in [0.5, 0.6) is 17.2 Å². The van der Waals surface area contributed by atoms with Crippen LogP contribution in [0, 0.1) is 0 Å². The maximum Gasteiger partial charge on any atom is 0.335 e. The van der Waals surface area contributed by atoms with Gasteiger partial charge >= 0.3 is 5.97 Å². The lowest BCUT2D eigenvalue weighted by Gasteiger charge is -2.12. The maximum atomic E-state index is 12.6. The van der Waals surface area contributed by atoms with E-state index in [2.05, 4.69) is 35.5 Å². The van der Waals surface area contributed by atoms with E-state index in [0.29, 0.717) is 17.1 Å². The van der Waals surface area contributed by atoms with Gasteiger partial charge in [-0.2, -0.15) is 13.5 Å². The number of ether oxygens (including phenoxy) is 2. The molecule has 0 radical (unpaired) electrons. The van der Waals surface area contributed by atoms with Gasteiger partial charge in [0.25, 0.3) is 20.1 Å². The SMILES string of the molecule is COc1cc(N=Nc2c(S(=O)(=O)O)cc3ccc(Nc4ccc(C(=O)O)cc4)cc3c2O)c(OC)cc1N=Nc1ccc(S(=O)(=O)Nc2nccs2)cc1. The van der Waals surface area contributed by atoms with E-state index in [1.807, 2.05) is 0 Å². The largest absolute Gasteiger partial charge is 0.505 e. The highest BCUT2D eigenvalue weighted by Crippen LogP contribution is 2.45. The van der Waals surface area contributed by atoms with Crippen molar-refractivity contribution in [1.82, 2.24) is 4.98 Å². The molecule has 0 bridgehead atoms. The highest BCUT2D eigenvalue weighted by atomic mass is 32.2. The molecular formula is C34H27N7O10S3. The van der Waals surface area contributed by atoms with Gasteiger partial charge in [-0.3, -0.25) is 9.27 Å². The number of carboxylic acids is 1. The predicted molar refractivity (Wildman–Crippen MR) is 199 cm³/mol. The van der Waals surface area contributed by atoms with Crippen LogP contribution in [-0.2, 0) is 20.1 Å². The van der Waals surface area contributed by atoms with Gasteiger partial charge < -0.3 is 25.0 Å². The Morgan fingerprint density at radius 1 is 0.796 bits per heavy atom. The number of anilines is 3. The van der Waals surface area contributed by atoms with Crippen LogP contribution in [0.15, 0.2) is 127 Å². The van der Waals surface area contributed by atoms with Gasteiger partial charge in [-0.25, -0.2) is 18.2 Å². The molecule has 0 saturated carbocycles. The van der Waals surface area contributed by atoms with Gasteiger partial charge in [0, 0.05) is 40.5 Å². The van der Waals surface area contributed by atoms with Crippen molar-refractivity contribution in [3.05, 3.63) is 102 Å². The van der Waals surface area contributed by atoms with Crippen molar-refractivity contribution in [2.75, 3.05) is 24.3 Å². The molecule has 17 nitrogen and oxygen atoms in total. The van der Waals surface area contributed by atoms with E-state index < -0.39 is 42.4 Å². The topological polar surface area (TPSA) is 251 Å². The lowest BCUT2D eigenvalue weighted by molar-refractivity contribution is 0.0697. The number of thiazole rings is 1. The number of fused-ring (bicyclic) bond motifs is 1. The van der Waals surface area contributed by atoms with Crippen LogP contribution in [0.2, 0.25) is 0 Å². The molecule has 0 aliphatic heterocycles. The third kappa shape index (κ3) is 8.26. The summed E-state index contributed by atoms with van der Waals surface area (Å²) in [6.07, 6.45) is 1.48. The standard InChI is InChI=1S/C34H27N7O10S3/c1-50-28-18-27(29(51-2)17-26(28)38-37-22-9-11-24(12-10-22)53(45,46)41-34-35-13-14-52-34)39-40-31-30(54(47,48)49)15-20-5-8-23(16-25(20)32(31)42)36-21-6-3-19(4-7-21)33(43)44/h3-18,36,42H,1-2H3,(H,35,41)(H,43,44)(H,47,48,49). The maximum absolute atomic E-state index is 12.6. The first-order chi connectivity index (χ1) is 25.7. The van der Waals surface area contributed by atoms with E-state index in [1.165, 1.54) is 81.1 Å². The average molecular weight is 790 g/mol. The molecule has 6 aromatic rings. The summed E-state index contributed by atoms with van der Waals surface area (Å²) in [5.74, 6) is -1.45. The minimum atomic E-state index is -4.91. The fourth-order valence-electron chi connectivity index (χ4n) is 4.95. The first-order valence-electron chi connectivity index (χ1n) is 15.2. The van der Waals surface area contributed by atoms with E-state index >= 15 is 0 Å². The second-order valence-corrected chi connectivity index (χ2v) is 15.0. The molecule has 0 amide bonds. The van der Waals surface area contributed by atoms with E-state index in [0.717, 1.165) is 17.4 Å². The summed E-state index contributed by atoms with van der Waals surface area (Å²) in [6, 6.07) is 20.1. The fraction of sp³-hybridized carbons (Fsp3) is 0.0588. The first-order valence-corrected chi connectivity index (χ1v) is 19.1. The number of rotatable bonds is 13. The van der Waals surface area contributed by atoms with Crippen LogP contribution in [0.3, 0.4) is 0 Å². The summed E-state index contributed by atoms with van der Waals surface area (Å²) in [7, 11) is -6.09. The number of phenolic OH excluding ortho intramolecular Hbond substituents is 1. The Morgan fingerprint density at radius 3 is 2.00 bits per heavy atom. The van der Waals surface area contributed by atoms with Gasteiger partial charge in [-0.1, -0.05) is 6.07 Å². The Balaban J connectivity index is 1.29. The summed E-state index contributed by atoms with van der Waals surface area (Å²) < 4.78 is 73.5. The Kier molecular flexibility index (Phi) is 10.5. The van der Waals surface area contributed by atoms with Gasteiger partial charge in [0.05, 0.1) is 30.4 Å². The van der Waals surface area contributed by atoms with E-state index in [4.69, 9.17) is 14.6 Å². The third-order valence-electron chi connectivity index (χ3n) is 7.56. The molecule has 0 aliphatic rings. The summed E-state index contributed by atoms with van der Waals surface area (Å²) in [4.78, 5) is 14.4. The van der Waals surface area contributed by atoms with Crippen LogP contribution in [-0.4, -0.2) is 56.8 Å². The van der Waals surface area contributed by atoms with Crippen molar-refractivity contribution in [3.63, 3.8) is 0 Å². The number of phenols is 1. The lowest BCUT2D eigenvalue weighted by atomic mass is 10.1. The molecular weight excluding hydrogens is 763 g/mol. The quantitative estimate of drug-likeness (QED) is 0.0547. The van der Waals surface area contributed by atoms with Crippen molar-refractivity contribution in [3.8, 4) is 17.2 Å². The van der Waals surface area contributed by atoms with Crippen LogP contribution in [0.25, 0.3) is 10.8 Å². The van der Waals surface area contributed by atoms with Crippen molar-refractivity contribution in [1.29, 1.82) is 0 Å². The Hall–Kier alpha value is -6.48. The number of aromatic carboxylic acids is 1. The molecule has 0 spiro atoms. The highest BCUT2D eigenvalue weighted by Gasteiger charge is 2.23. The molecule has 1 heterocycles. The molecule has 0 atom stereocenters. The summed E-state index contributed by atoms with van der Waals surface area (Å²) in [5, 5.41) is 42.3. The molecule has 54 heavy (non-hydrogen) atoms. The normalized spacial score (nSPS) is 12.0. The summed E-state index contributed by atoms with van der Waals surface area (Å²) in [6.45, 7) is 0. The molecule has 1 aromatic heterocycles. The number of nitrogens with zero attached hydrogens (tertiary/aromatic N) is 5. The van der Waals surface area contributed by atoms with Crippen LogP contribution in [0.1, 0.15) is 10.4 Å². The van der Waals surface area contributed by atoms with Crippen LogP contribution in [0.4, 0.5) is 39.3 Å². The first kappa shape index (κ1) is 37.3. The monoisotopic (exact) mass is 789 g/mol. The molecule has 6 rings (SSSR count). The second-order valence-electron chi connectivity index (χ2n) is 11.0. The van der Waals surface area contributed by atoms with E-state index in [-0.39, 0.29) is 49.2 Å². The number of methoxy groups -OCH3 is 2. The molecule has 0 unspecified atom stereocenters. The number of hydrogen-bond acceptors (Lipinski definition) is 15. The van der Waals surface area contributed by atoms with Gasteiger partial charge in [-0.15, -0.1) is 26.7 Å². The van der Waals surface area contributed by atoms with Crippen molar-refractivity contribution in [2.24, 2.45) is 20.5 Å². The number of nitrogens with one attached hydrogen (secondary N) is 2. The minimum Gasteiger partial charge on any atom is -0.505 e. The Morgan fingerprint density at radius 2 is 1.43 bits per heavy atom. The number of sulfonamides is 1. The molecule has 20 heteroatoms. The third-order valence-corrected chi connectivity index (χ3v) is 10.6. The van der Waals surface area contributed by atoms with Crippen molar-refractivity contribution in [2.45, 2.75) is 9.79 Å². The number of aromatic hydroxyl groups is 1. The van der Waals surface area contributed by atoms with Gasteiger partial charge in [0.2, 0.25) is 0 Å². The summed E-state index contributed by atoms with van der Waals surface area (Å²) in [5.41, 5.74) is 1.05. The Labute approximate surface area is 311 Å². The van der Waals surface area contributed by atoms with Gasteiger partial charge in [-0.05, 0) is 72.1 Å². The van der Waals surface area contributed by atoms with E-state index in [1.54, 1.807) is 23.6 Å². The van der Waals surface area contributed by atoms with Crippen LogP contribution < -0.4 is 19.5 Å². The van der Waals surface area contributed by atoms with E-state index in [9.17, 15) is 31.3 Å². The lowest BCUT2D eigenvalue weighted by Crippen LogP contribution is -2.12. The average Bonchev–Trinajstić information content (AvgIpc) is 3.66. The molecule has 5 aromatic carbocycles. The number of aromatic nitrogens is 1. The smallest absolute Gasteiger partial charge is 0.335 e. The highest BCUT2D eigenvalue weighted by molar-refractivity contribution is 7.93. The molecule has 0 saturated heterocycles. The fourth-order valence-corrected chi connectivity index (χ4v) is 7.40. The summed E-state index contributed by atoms with van der Waals surface area (Å²) >= 11 is 1.14. The zero-order chi connectivity index (χ0) is 38.6. The number of azo groups is 2. The number of benzene rings is 5. The molecule has 276 valence electrons. The van der Waals surface area contributed by atoms with Crippen molar-refractivity contribution >= 4 is 87.5 Å². The molecule has 0 aliphatic carbocycles. The minimum absolute atomic E-state index is 0.0119. The number of carboxylic acid groups (broad SMARTS) is 1. The second kappa shape index (κ2) is 15.2. The van der Waals surface area contributed by atoms with Gasteiger partial charge in [0.1, 0.15) is 33.5 Å².